The first-order valence-electron chi connectivity index (χ1n) is 5.38. The molecule has 0 unspecified atom stereocenters. The predicted molar refractivity (Wildman–Crippen MR) is 58.3 cm³/mol. The van der Waals surface area contributed by atoms with Gasteiger partial charge in [-0.15, -0.1) is 0 Å². The largest absolute Gasteiger partial charge is 0.383 e. The van der Waals surface area contributed by atoms with E-state index in [1.165, 1.54) is 0 Å². The monoisotopic (exact) mass is 223 g/mol. The molecule has 1 heterocycles. The van der Waals surface area contributed by atoms with Crippen LogP contribution in [-0.2, 0) is 0 Å². The SMILES string of the molecule is Nc1ncc(F)cc1C(=O)NC1CCCC1. The predicted octanol–water partition coefficient (Wildman–Crippen LogP) is 1.48. The Kier molecular flexibility index (Phi) is 3.03. The molecule has 86 valence electrons. The van der Waals surface area contributed by atoms with Crippen molar-refractivity contribution in [2.75, 3.05) is 5.73 Å². The number of nitrogens with zero attached hydrogens (tertiary/aromatic N) is 1. The Morgan fingerprint density at radius 1 is 1.50 bits per heavy atom. The minimum Gasteiger partial charge on any atom is -0.383 e. The molecule has 1 fully saturated rings. The number of anilines is 1. The molecule has 1 amide bonds. The zero-order valence-electron chi connectivity index (χ0n) is 8.87. The Morgan fingerprint density at radius 3 is 2.88 bits per heavy atom. The molecule has 0 saturated heterocycles. The molecule has 3 N–H and O–H groups in total. The molecule has 16 heavy (non-hydrogen) atoms. The lowest BCUT2D eigenvalue weighted by atomic mass is 10.2. The van der Waals surface area contributed by atoms with Gasteiger partial charge < -0.3 is 11.1 Å². The first-order valence-corrected chi connectivity index (χ1v) is 5.38. The van der Waals surface area contributed by atoms with Crippen molar-refractivity contribution in [1.29, 1.82) is 0 Å². The van der Waals surface area contributed by atoms with Crippen LogP contribution in [0.1, 0.15) is 36.0 Å². The van der Waals surface area contributed by atoms with Crippen molar-refractivity contribution in [2.45, 2.75) is 31.7 Å². The van der Waals surface area contributed by atoms with E-state index >= 15 is 0 Å². The van der Waals surface area contributed by atoms with Gasteiger partial charge in [0.25, 0.3) is 5.91 Å². The van der Waals surface area contributed by atoms with Crippen LogP contribution in [0.2, 0.25) is 0 Å². The number of halogens is 1. The lowest BCUT2D eigenvalue weighted by Crippen LogP contribution is -2.33. The highest BCUT2D eigenvalue weighted by atomic mass is 19.1. The molecule has 0 atom stereocenters. The smallest absolute Gasteiger partial charge is 0.255 e. The molecule has 1 aliphatic carbocycles. The van der Waals surface area contributed by atoms with E-state index in [9.17, 15) is 9.18 Å². The number of hydrogen-bond acceptors (Lipinski definition) is 3. The molecule has 0 bridgehead atoms. The average Bonchev–Trinajstić information content (AvgIpc) is 2.74. The highest BCUT2D eigenvalue weighted by Gasteiger charge is 2.19. The highest BCUT2D eigenvalue weighted by Crippen LogP contribution is 2.19. The van der Waals surface area contributed by atoms with Crippen LogP contribution in [-0.4, -0.2) is 16.9 Å². The van der Waals surface area contributed by atoms with E-state index in [4.69, 9.17) is 5.73 Å². The molecule has 0 aliphatic heterocycles. The normalized spacial score (nSPS) is 16.3. The highest BCUT2D eigenvalue weighted by molar-refractivity contribution is 5.98. The third-order valence-corrected chi connectivity index (χ3v) is 2.82. The van der Waals surface area contributed by atoms with Gasteiger partial charge in [0, 0.05) is 6.04 Å². The summed E-state index contributed by atoms with van der Waals surface area (Å²) in [6, 6.07) is 1.31. The number of aromatic nitrogens is 1. The number of nitrogen functional groups attached to an aromatic ring is 1. The molecule has 1 aromatic rings. The van der Waals surface area contributed by atoms with Gasteiger partial charge >= 0.3 is 0 Å². The summed E-state index contributed by atoms with van der Waals surface area (Å²) in [6.07, 6.45) is 5.22. The van der Waals surface area contributed by atoms with Crippen molar-refractivity contribution in [3.63, 3.8) is 0 Å². The number of carbonyl (C=O) groups is 1. The molecule has 0 radical (unpaired) electrons. The molecule has 0 spiro atoms. The Balaban J connectivity index is 2.10. The summed E-state index contributed by atoms with van der Waals surface area (Å²) < 4.78 is 12.9. The topological polar surface area (TPSA) is 68.0 Å². The third kappa shape index (κ3) is 2.29. The number of nitrogens with two attached hydrogens (primary N) is 1. The second-order valence-electron chi connectivity index (χ2n) is 4.04. The van der Waals surface area contributed by atoms with Crippen LogP contribution in [0, 0.1) is 5.82 Å². The summed E-state index contributed by atoms with van der Waals surface area (Å²) >= 11 is 0. The Morgan fingerprint density at radius 2 is 2.19 bits per heavy atom. The third-order valence-electron chi connectivity index (χ3n) is 2.82. The molecule has 1 aromatic heterocycles. The summed E-state index contributed by atoms with van der Waals surface area (Å²) in [7, 11) is 0. The van der Waals surface area contributed by atoms with Crippen molar-refractivity contribution in [2.24, 2.45) is 0 Å². The fourth-order valence-electron chi connectivity index (χ4n) is 1.97. The maximum absolute atomic E-state index is 12.9. The van der Waals surface area contributed by atoms with E-state index in [0.717, 1.165) is 37.9 Å². The van der Waals surface area contributed by atoms with Crippen molar-refractivity contribution in [3.8, 4) is 0 Å². The quantitative estimate of drug-likeness (QED) is 0.797. The number of pyridine rings is 1. The van der Waals surface area contributed by atoms with Crippen LogP contribution in [0.3, 0.4) is 0 Å². The standard InChI is InChI=1S/C11H14FN3O/c12-7-5-9(10(13)14-6-7)11(16)15-8-3-1-2-4-8/h5-6,8H,1-4H2,(H2,13,14)(H,15,16). The Bertz CT molecular complexity index is 402. The maximum Gasteiger partial charge on any atom is 0.255 e. The van der Waals surface area contributed by atoms with E-state index in [1.807, 2.05) is 0 Å². The number of carbonyl (C=O) groups excluding carboxylic acids is 1. The van der Waals surface area contributed by atoms with Gasteiger partial charge in [0.05, 0.1) is 11.8 Å². The van der Waals surface area contributed by atoms with Crippen LogP contribution < -0.4 is 11.1 Å². The van der Waals surface area contributed by atoms with E-state index in [-0.39, 0.29) is 23.3 Å². The molecule has 2 rings (SSSR count). The van der Waals surface area contributed by atoms with Crippen molar-refractivity contribution < 1.29 is 9.18 Å². The van der Waals surface area contributed by atoms with Crippen molar-refractivity contribution in [1.82, 2.24) is 10.3 Å². The summed E-state index contributed by atoms with van der Waals surface area (Å²) in [4.78, 5) is 15.4. The van der Waals surface area contributed by atoms with Crippen LogP contribution in [0.25, 0.3) is 0 Å². The number of hydrogen-bond donors (Lipinski definition) is 2. The number of nitrogens with one attached hydrogen (secondary N) is 1. The molecular formula is C11H14FN3O. The molecule has 1 saturated carbocycles. The minimum atomic E-state index is -0.550. The minimum absolute atomic E-state index is 0.0666. The summed E-state index contributed by atoms with van der Waals surface area (Å²) in [6.45, 7) is 0. The van der Waals surface area contributed by atoms with E-state index < -0.39 is 5.82 Å². The Labute approximate surface area is 93.1 Å². The first-order chi connectivity index (χ1) is 7.66. The summed E-state index contributed by atoms with van der Waals surface area (Å²) in [5.74, 6) is -0.820. The van der Waals surface area contributed by atoms with Crippen LogP contribution >= 0.6 is 0 Å². The van der Waals surface area contributed by atoms with Crippen molar-refractivity contribution >= 4 is 11.7 Å². The average molecular weight is 223 g/mol. The Hall–Kier alpha value is -1.65. The van der Waals surface area contributed by atoms with Crippen LogP contribution in [0.15, 0.2) is 12.3 Å². The lowest BCUT2D eigenvalue weighted by Gasteiger charge is -2.12. The van der Waals surface area contributed by atoms with E-state index in [1.54, 1.807) is 0 Å². The van der Waals surface area contributed by atoms with Gasteiger partial charge in [0.1, 0.15) is 11.6 Å². The van der Waals surface area contributed by atoms with Gasteiger partial charge in [-0.3, -0.25) is 4.79 Å². The number of rotatable bonds is 2. The van der Waals surface area contributed by atoms with Crippen molar-refractivity contribution in [3.05, 3.63) is 23.6 Å². The molecular weight excluding hydrogens is 209 g/mol. The van der Waals surface area contributed by atoms with E-state index in [0.29, 0.717) is 0 Å². The summed E-state index contributed by atoms with van der Waals surface area (Å²) in [5.41, 5.74) is 5.64. The van der Waals surface area contributed by atoms with Gasteiger partial charge in [-0.05, 0) is 18.9 Å². The molecule has 0 aromatic carbocycles. The fourth-order valence-corrected chi connectivity index (χ4v) is 1.97. The molecule has 5 heteroatoms. The van der Waals surface area contributed by atoms with Gasteiger partial charge in [0.15, 0.2) is 0 Å². The number of amides is 1. The van der Waals surface area contributed by atoms with Crippen LogP contribution in [0.4, 0.5) is 10.2 Å². The second kappa shape index (κ2) is 4.47. The summed E-state index contributed by atoms with van der Waals surface area (Å²) in [5, 5.41) is 2.84. The first kappa shape index (κ1) is 10.9. The second-order valence-corrected chi connectivity index (χ2v) is 4.04. The molecule has 1 aliphatic rings. The fraction of sp³-hybridized carbons (Fsp3) is 0.455. The molecule has 4 nitrogen and oxygen atoms in total. The lowest BCUT2D eigenvalue weighted by molar-refractivity contribution is 0.0938. The van der Waals surface area contributed by atoms with Gasteiger partial charge in [0.2, 0.25) is 0 Å². The van der Waals surface area contributed by atoms with E-state index in [2.05, 4.69) is 10.3 Å². The van der Waals surface area contributed by atoms with Gasteiger partial charge in [-0.1, -0.05) is 12.8 Å². The van der Waals surface area contributed by atoms with Gasteiger partial charge in [-0.25, -0.2) is 9.37 Å². The maximum atomic E-state index is 12.9. The zero-order valence-corrected chi connectivity index (χ0v) is 8.87. The van der Waals surface area contributed by atoms with Gasteiger partial charge in [-0.2, -0.15) is 0 Å². The van der Waals surface area contributed by atoms with Crippen LogP contribution in [0.5, 0.6) is 0 Å². The zero-order chi connectivity index (χ0) is 11.5.